The summed E-state index contributed by atoms with van der Waals surface area (Å²) in [5.74, 6) is -0.0678. The summed E-state index contributed by atoms with van der Waals surface area (Å²) < 4.78 is 0.972. The van der Waals surface area contributed by atoms with Crippen LogP contribution in [0, 0.1) is 6.92 Å². The lowest BCUT2D eigenvalue weighted by Crippen LogP contribution is -2.24. The molecule has 1 amide bonds. The van der Waals surface area contributed by atoms with Gasteiger partial charge in [0.2, 0.25) is 0 Å². The van der Waals surface area contributed by atoms with Crippen molar-refractivity contribution in [2.24, 2.45) is 5.73 Å². The van der Waals surface area contributed by atoms with Gasteiger partial charge < -0.3 is 11.1 Å². The number of hydrogen-bond donors (Lipinski definition) is 2. The van der Waals surface area contributed by atoms with Crippen molar-refractivity contribution in [3.63, 3.8) is 0 Å². The number of hydrogen-bond acceptors (Lipinski definition) is 2. The molecule has 20 heavy (non-hydrogen) atoms. The Morgan fingerprint density at radius 1 is 1.20 bits per heavy atom. The average Bonchev–Trinajstić information content (AvgIpc) is 2.45. The zero-order valence-corrected chi connectivity index (χ0v) is 12.9. The molecule has 3 N–H and O–H groups in total. The van der Waals surface area contributed by atoms with Crippen molar-refractivity contribution in [2.45, 2.75) is 20.0 Å². The van der Waals surface area contributed by atoms with Crippen LogP contribution >= 0.6 is 15.9 Å². The molecule has 0 aliphatic heterocycles. The van der Waals surface area contributed by atoms with Crippen molar-refractivity contribution in [1.29, 1.82) is 0 Å². The van der Waals surface area contributed by atoms with Crippen LogP contribution in [-0.4, -0.2) is 5.91 Å². The summed E-state index contributed by atoms with van der Waals surface area (Å²) in [6, 6.07) is 13.5. The Labute approximate surface area is 127 Å². The van der Waals surface area contributed by atoms with Gasteiger partial charge in [0, 0.05) is 23.1 Å². The molecule has 0 radical (unpaired) electrons. The Morgan fingerprint density at radius 2 is 1.90 bits per heavy atom. The van der Waals surface area contributed by atoms with Crippen LogP contribution in [0.5, 0.6) is 0 Å². The Hall–Kier alpha value is -1.65. The number of amides is 1. The van der Waals surface area contributed by atoms with Gasteiger partial charge in [0.1, 0.15) is 0 Å². The minimum Gasteiger partial charge on any atom is -0.348 e. The lowest BCUT2D eigenvalue weighted by atomic mass is 10.1. The zero-order chi connectivity index (χ0) is 14.5. The lowest BCUT2D eigenvalue weighted by Gasteiger charge is -2.10. The van der Waals surface area contributed by atoms with E-state index in [-0.39, 0.29) is 5.91 Å². The van der Waals surface area contributed by atoms with E-state index in [4.69, 9.17) is 5.73 Å². The normalized spacial score (nSPS) is 10.3. The molecular formula is C16H17BrN2O. The Balaban J connectivity index is 2.09. The summed E-state index contributed by atoms with van der Waals surface area (Å²) in [6.45, 7) is 2.89. The molecule has 0 heterocycles. The molecule has 0 atom stereocenters. The fourth-order valence-electron chi connectivity index (χ4n) is 2.08. The number of nitrogens with two attached hydrogens (primary N) is 1. The van der Waals surface area contributed by atoms with Crippen LogP contribution in [-0.2, 0) is 13.1 Å². The molecule has 4 heteroatoms. The van der Waals surface area contributed by atoms with Gasteiger partial charge in [-0.3, -0.25) is 4.79 Å². The first-order valence-corrected chi connectivity index (χ1v) is 7.22. The van der Waals surface area contributed by atoms with Crippen molar-refractivity contribution < 1.29 is 4.79 Å². The van der Waals surface area contributed by atoms with Gasteiger partial charge in [-0.25, -0.2) is 0 Å². The maximum atomic E-state index is 12.2. The molecule has 0 bridgehead atoms. The number of aryl methyl sites for hydroxylation is 1. The van der Waals surface area contributed by atoms with Gasteiger partial charge in [-0.15, -0.1) is 0 Å². The molecule has 0 aliphatic rings. The van der Waals surface area contributed by atoms with Gasteiger partial charge in [0.05, 0.1) is 0 Å². The summed E-state index contributed by atoms with van der Waals surface area (Å²) >= 11 is 3.39. The van der Waals surface area contributed by atoms with E-state index in [1.807, 2.05) is 49.4 Å². The van der Waals surface area contributed by atoms with Gasteiger partial charge in [-0.05, 0) is 41.8 Å². The summed E-state index contributed by atoms with van der Waals surface area (Å²) in [4.78, 5) is 12.2. The van der Waals surface area contributed by atoms with Crippen LogP contribution in [0.3, 0.4) is 0 Å². The average molecular weight is 333 g/mol. The van der Waals surface area contributed by atoms with Crippen LogP contribution in [0.4, 0.5) is 0 Å². The van der Waals surface area contributed by atoms with Crippen molar-refractivity contribution in [3.05, 3.63) is 69.2 Å². The topological polar surface area (TPSA) is 55.1 Å². The molecule has 0 saturated carbocycles. The van der Waals surface area contributed by atoms with E-state index in [9.17, 15) is 4.79 Å². The molecule has 3 nitrogen and oxygen atoms in total. The number of nitrogens with one attached hydrogen (secondary N) is 1. The van der Waals surface area contributed by atoms with E-state index in [0.717, 1.165) is 21.2 Å². The smallest absolute Gasteiger partial charge is 0.251 e. The molecule has 2 aromatic rings. The molecule has 0 saturated heterocycles. The second-order valence-electron chi connectivity index (χ2n) is 4.61. The van der Waals surface area contributed by atoms with Crippen molar-refractivity contribution in [3.8, 4) is 0 Å². The van der Waals surface area contributed by atoms with Crippen molar-refractivity contribution in [2.75, 3.05) is 0 Å². The van der Waals surface area contributed by atoms with E-state index in [0.29, 0.717) is 18.7 Å². The molecular weight excluding hydrogens is 316 g/mol. The molecule has 2 aromatic carbocycles. The quantitative estimate of drug-likeness (QED) is 0.903. The lowest BCUT2D eigenvalue weighted by molar-refractivity contribution is 0.0950. The van der Waals surface area contributed by atoms with Crippen LogP contribution in [0.15, 0.2) is 46.9 Å². The van der Waals surface area contributed by atoms with Crippen LogP contribution < -0.4 is 11.1 Å². The Morgan fingerprint density at radius 3 is 2.55 bits per heavy atom. The van der Waals surface area contributed by atoms with E-state index in [2.05, 4.69) is 21.2 Å². The highest BCUT2D eigenvalue weighted by Crippen LogP contribution is 2.16. The molecule has 0 aromatic heterocycles. The molecule has 0 unspecified atom stereocenters. The Bertz CT molecular complexity index is 626. The third-order valence-electron chi connectivity index (χ3n) is 3.21. The van der Waals surface area contributed by atoms with E-state index < -0.39 is 0 Å². The summed E-state index contributed by atoms with van der Waals surface area (Å²) in [5.41, 5.74) is 9.44. The first-order chi connectivity index (χ1) is 9.61. The first kappa shape index (κ1) is 14.8. The molecule has 104 valence electrons. The van der Waals surface area contributed by atoms with Gasteiger partial charge in [-0.2, -0.15) is 0 Å². The molecule has 0 spiro atoms. The second-order valence-corrected chi connectivity index (χ2v) is 5.53. The highest BCUT2D eigenvalue weighted by Gasteiger charge is 2.09. The number of carbonyl (C=O) groups is 1. The second kappa shape index (κ2) is 6.68. The van der Waals surface area contributed by atoms with Crippen LogP contribution in [0.2, 0.25) is 0 Å². The summed E-state index contributed by atoms with van der Waals surface area (Å²) in [7, 11) is 0. The van der Waals surface area contributed by atoms with Crippen molar-refractivity contribution >= 4 is 21.8 Å². The monoisotopic (exact) mass is 332 g/mol. The predicted molar refractivity (Wildman–Crippen MR) is 84.4 cm³/mol. The maximum Gasteiger partial charge on any atom is 0.251 e. The van der Waals surface area contributed by atoms with Crippen molar-refractivity contribution in [1.82, 2.24) is 5.32 Å². The van der Waals surface area contributed by atoms with E-state index in [1.165, 1.54) is 0 Å². The third kappa shape index (κ3) is 3.46. The van der Waals surface area contributed by atoms with E-state index in [1.54, 1.807) is 0 Å². The number of carbonyl (C=O) groups excluding carboxylic acids is 1. The SMILES string of the molecule is Cc1cc(Br)ccc1C(=O)NCc1ccccc1CN. The summed E-state index contributed by atoms with van der Waals surface area (Å²) in [6.07, 6.45) is 0. The highest BCUT2D eigenvalue weighted by atomic mass is 79.9. The fourth-order valence-corrected chi connectivity index (χ4v) is 2.56. The molecule has 0 aliphatic carbocycles. The number of rotatable bonds is 4. The van der Waals surface area contributed by atoms with Gasteiger partial charge >= 0.3 is 0 Å². The minimum absolute atomic E-state index is 0.0678. The standard InChI is InChI=1S/C16H17BrN2O/c1-11-8-14(17)6-7-15(11)16(20)19-10-13-5-3-2-4-12(13)9-18/h2-8H,9-10,18H2,1H3,(H,19,20). The van der Waals surface area contributed by atoms with E-state index >= 15 is 0 Å². The minimum atomic E-state index is -0.0678. The Kier molecular flexibility index (Phi) is 4.93. The zero-order valence-electron chi connectivity index (χ0n) is 11.3. The number of benzene rings is 2. The molecule has 2 rings (SSSR count). The maximum absolute atomic E-state index is 12.2. The van der Waals surface area contributed by atoms with Crippen LogP contribution in [0.1, 0.15) is 27.0 Å². The fraction of sp³-hybridized carbons (Fsp3) is 0.188. The van der Waals surface area contributed by atoms with Gasteiger partial charge in [0.15, 0.2) is 0 Å². The van der Waals surface area contributed by atoms with Gasteiger partial charge in [-0.1, -0.05) is 40.2 Å². The highest BCUT2D eigenvalue weighted by molar-refractivity contribution is 9.10. The van der Waals surface area contributed by atoms with Crippen LogP contribution in [0.25, 0.3) is 0 Å². The van der Waals surface area contributed by atoms with Gasteiger partial charge in [0.25, 0.3) is 5.91 Å². The third-order valence-corrected chi connectivity index (χ3v) is 3.70. The molecule has 0 fully saturated rings. The predicted octanol–water partition coefficient (Wildman–Crippen LogP) is 3.15. The largest absolute Gasteiger partial charge is 0.348 e. The first-order valence-electron chi connectivity index (χ1n) is 6.43. The number of halogens is 1. The summed E-state index contributed by atoms with van der Waals surface area (Å²) in [5, 5.41) is 2.94.